The second kappa shape index (κ2) is 9.76. The van der Waals surface area contributed by atoms with E-state index in [-0.39, 0.29) is 12.5 Å². The molecule has 2 rings (SSSR count). The highest BCUT2D eigenvalue weighted by atomic mass is 35.7. The van der Waals surface area contributed by atoms with Crippen LogP contribution in [0.15, 0.2) is 0 Å². The minimum Gasteiger partial charge on any atom is -0.444 e. The molecule has 2 unspecified atom stereocenters. The molecule has 0 aromatic heterocycles. The van der Waals surface area contributed by atoms with Crippen molar-refractivity contribution in [3.63, 3.8) is 0 Å². The number of nitrogens with zero attached hydrogens (tertiary/aromatic N) is 3. The number of carbonyl (C=O) groups is 2. The molecule has 0 aliphatic carbocycles. The van der Waals surface area contributed by atoms with Crippen LogP contribution in [0.25, 0.3) is 0 Å². The van der Waals surface area contributed by atoms with Gasteiger partial charge >= 0.3 is 6.09 Å². The Balaban J connectivity index is 0.000000696. The Morgan fingerprint density at radius 3 is 2.32 bits per heavy atom. The van der Waals surface area contributed by atoms with Crippen molar-refractivity contribution in [2.75, 3.05) is 19.4 Å². The monoisotopic (exact) mass is 437 g/mol. The van der Waals surface area contributed by atoms with Gasteiger partial charge in [-0.2, -0.15) is 5.26 Å². The van der Waals surface area contributed by atoms with Gasteiger partial charge in [-0.05, 0) is 46.5 Å². The number of nitriles is 1. The Bertz CT molecular complexity index is 707. The molecule has 2 fully saturated rings. The summed E-state index contributed by atoms with van der Waals surface area (Å²) in [4.78, 5) is 28.2. The number of likely N-dealkylation sites (tertiary alicyclic amines) is 2. The average Bonchev–Trinajstić information content (AvgIpc) is 3.17. The quantitative estimate of drug-likeness (QED) is 0.647. The van der Waals surface area contributed by atoms with Crippen LogP contribution < -0.4 is 0 Å². The summed E-state index contributed by atoms with van der Waals surface area (Å²) in [5.74, 6) is -0.212. The van der Waals surface area contributed by atoms with Gasteiger partial charge in [0.25, 0.3) is 0 Å². The largest absolute Gasteiger partial charge is 0.444 e. The van der Waals surface area contributed by atoms with Gasteiger partial charge in [0.15, 0.2) is 0 Å². The van der Waals surface area contributed by atoms with Crippen LogP contribution in [0.1, 0.15) is 46.5 Å². The van der Waals surface area contributed by atoms with Crippen molar-refractivity contribution in [3.05, 3.63) is 0 Å². The minimum atomic E-state index is -3.19. The maximum absolute atomic E-state index is 12.8. The number of hydrogen-bond donors (Lipinski definition) is 1. The third-order valence-corrected chi connectivity index (χ3v) is 4.29. The lowest BCUT2D eigenvalue weighted by Crippen LogP contribution is -2.53. The Kier molecular flexibility index (Phi) is 8.53. The van der Waals surface area contributed by atoms with Gasteiger partial charge in [0.2, 0.25) is 15.0 Å². The molecule has 11 heteroatoms. The topological polar surface area (TPSA) is 128 Å². The summed E-state index contributed by atoms with van der Waals surface area (Å²) in [5, 5.41) is 18.7. The maximum Gasteiger partial charge on any atom is 0.411 e. The van der Waals surface area contributed by atoms with Gasteiger partial charge in [-0.15, -0.1) is 0 Å². The average molecular weight is 438 g/mol. The van der Waals surface area contributed by atoms with Crippen molar-refractivity contribution in [1.82, 2.24) is 9.80 Å². The number of amides is 2. The van der Waals surface area contributed by atoms with E-state index in [2.05, 4.69) is 16.8 Å². The normalized spacial score (nSPS) is 25.0. The lowest BCUT2D eigenvalue weighted by Gasteiger charge is -2.33. The van der Waals surface area contributed by atoms with E-state index in [9.17, 15) is 23.1 Å². The zero-order valence-electron chi connectivity index (χ0n) is 16.6. The number of hydrogen-bond acceptors (Lipinski definition) is 7. The van der Waals surface area contributed by atoms with Crippen molar-refractivity contribution >= 4 is 31.7 Å². The molecule has 0 radical (unpaired) electrons. The van der Waals surface area contributed by atoms with Crippen LogP contribution in [0.4, 0.5) is 4.79 Å². The van der Waals surface area contributed by atoms with Gasteiger partial charge in [0.05, 0.1) is 25.0 Å². The molecule has 160 valence electrons. The summed E-state index contributed by atoms with van der Waals surface area (Å²) in [6.07, 6.45) is 2.85. The van der Waals surface area contributed by atoms with E-state index in [1.54, 1.807) is 25.7 Å². The van der Waals surface area contributed by atoms with Gasteiger partial charge in [-0.25, -0.2) is 13.2 Å². The van der Waals surface area contributed by atoms with Crippen LogP contribution in [0.5, 0.6) is 0 Å². The number of aliphatic hydroxyl groups is 1. The highest BCUT2D eigenvalue weighted by molar-refractivity contribution is 8.13. The Morgan fingerprint density at radius 2 is 1.86 bits per heavy atom. The lowest BCUT2D eigenvalue weighted by atomic mass is 10.1. The Labute approximate surface area is 170 Å². The molecule has 2 aliphatic rings. The molecule has 2 aliphatic heterocycles. The van der Waals surface area contributed by atoms with Crippen LogP contribution in [-0.4, -0.2) is 78.5 Å². The molecule has 0 spiro atoms. The van der Waals surface area contributed by atoms with Crippen molar-refractivity contribution in [1.29, 1.82) is 5.26 Å². The number of aliphatic hydroxyl groups excluding tert-OH is 1. The second-order valence-corrected chi connectivity index (χ2v) is 10.9. The zero-order chi connectivity index (χ0) is 21.7. The fourth-order valence-corrected chi connectivity index (χ4v) is 3.25. The molecular formula is C17H28ClN3O6S. The number of halogens is 1. The molecule has 2 amide bonds. The van der Waals surface area contributed by atoms with Gasteiger partial charge in [-0.1, -0.05) is 0 Å². The standard InChI is InChI=1S/C16H25N3O4.CH3ClO2S/c1-16(2,3)23-15(22)19-12(10-20)6-7-13(19)14(21)18-8-4-5-11(18)9-17;1-5(2,3)4/h11-13,20H,4-8,10H2,1-3H3;1H3/t11?,12?,13-;/m0./s1. The van der Waals surface area contributed by atoms with Crippen molar-refractivity contribution in [2.24, 2.45) is 0 Å². The third-order valence-electron chi connectivity index (χ3n) is 4.29. The van der Waals surface area contributed by atoms with E-state index in [4.69, 9.17) is 10.00 Å². The predicted octanol–water partition coefficient (Wildman–Crippen LogP) is 1.45. The van der Waals surface area contributed by atoms with Crippen LogP contribution in [0, 0.1) is 11.3 Å². The van der Waals surface area contributed by atoms with Crippen LogP contribution >= 0.6 is 10.7 Å². The SMILES string of the molecule is CC(C)(C)OC(=O)N1C(CO)CC[C@H]1C(=O)N1CCCC1C#N.CS(=O)(=O)Cl. The maximum atomic E-state index is 12.8. The van der Waals surface area contributed by atoms with Crippen LogP contribution in [-0.2, 0) is 18.6 Å². The molecule has 0 aromatic rings. The lowest BCUT2D eigenvalue weighted by molar-refractivity contribution is -0.136. The number of rotatable bonds is 2. The van der Waals surface area contributed by atoms with Crippen molar-refractivity contribution < 1.29 is 27.9 Å². The summed E-state index contributed by atoms with van der Waals surface area (Å²) in [6.45, 7) is 5.62. The third kappa shape index (κ3) is 7.45. The van der Waals surface area contributed by atoms with Crippen molar-refractivity contribution in [2.45, 2.75) is 70.2 Å². The molecule has 0 bridgehead atoms. The highest BCUT2D eigenvalue weighted by Crippen LogP contribution is 2.30. The van der Waals surface area contributed by atoms with E-state index < -0.39 is 38.9 Å². The first kappa shape index (κ1) is 24.5. The van der Waals surface area contributed by atoms with E-state index in [1.807, 2.05) is 0 Å². The molecule has 0 saturated carbocycles. The van der Waals surface area contributed by atoms with Gasteiger partial charge < -0.3 is 14.7 Å². The van der Waals surface area contributed by atoms with E-state index in [1.165, 1.54) is 4.90 Å². The summed E-state index contributed by atoms with van der Waals surface area (Å²) < 4.78 is 24.2. The molecule has 1 N–H and O–H groups in total. The smallest absolute Gasteiger partial charge is 0.411 e. The Hall–Kier alpha value is -1.57. The van der Waals surface area contributed by atoms with Crippen LogP contribution in [0.2, 0.25) is 0 Å². The summed E-state index contributed by atoms with van der Waals surface area (Å²) in [6, 6.07) is 0.655. The van der Waals surface area contributed by atoms with E-state index in [0.717, 1.165) is 12.7 Å². The molecule has 3 atom stereocenters. The molecule has 0 aromatic carbocycles. The molecule has 9 nitrogen and oxygen atoms in total. The fourth-order valence-electron chi connectivity index (χ4n) is 3.25. The predicted molar refractivity (Wildman–Crippen MR) is 103 cm³/mol. The first-order valence-corrected chi connectivity index (χ1v) is 11.7. The van der Waals surface area contributed by atoms with Crippen LogP contribution in [0.3, 0.4) is 0 Å². The molecule has 2 heterocycles. The number of ether oxygens (including phenoxy) is 1. The number of carbonyl (C=O) groups excluding carboxylic acids is 2. The van der Waals surface area contributed by atoms with Gasteiger partial charge in [-0.3, -0.25) is 9.69 Å². The summed E-state index contributed by atoms with van der Waals surface area (Å²) in [7, 11) is 1.31. The fraction of sp³-hybridized carbons (Fsp3) is 0.824. The molecule has 2 saturated heterocycles. The van der Waals surface area contributed by atoms with Gasteiger partial charge in [0.1, 0.15) is 17.7 Å². The highest BCUT2D eigenvalue weighted by Gasteiger charge is 2.45. The summed E-state index contributed by atoms with van der Waals surface area (Å²) >= 11 is 0. The van der Waals surface area contributed by atoms with E-state index in [0.29, 0.717) is 25.8 Å². The zero-order valence-corrected chi connectivity index (χ0v) is 18.2. The first-order valence-electron chi connectivity index (χ1n) is 9.00. The summed E-state index contributed by atoms with van der Waals surface area (Å²) in [5.41, 5.74) is -0.671. The second-order valence-electron chi connectivity index (χ2n) is 7.82. The first-order chi connectivity index (χ1) is 12.8. The van der Waals surface area contributed by atoms with E-state index >= 15 is 0 Å². The van der Waals surface area contributed by atoms with Crippen molar-refractivity contribution in [3.8, 4) is 6.07 Å². The Morgan fingerprint density at radius 1 is 1.29 bits per heavy atom. The molecular weight excluding hydrogens is 410 g/mol. The van der Waals surface area contributed by atoms with Gasteiger partial charge in [0, 0.05) is 17.2 Å². The minimum absolute atomic E-state index is 0.204. The molecule has 28 heavy (non-hydrogen) atoms.